The molecule has 0 bridgehead atoms. The number of carbonyl (C=O) groups is 1. The zero-order valence-corrected chi connectivity index (χ0v) is 18.5. The Kier molecular flexibility index (Phi) is 6.90. The van der Waals surface area contributed by atoms with Crippen LogP contribution in [0.1, 0.15) is 23.7 Å². The first kappa shape index (κ1) is 23.4. The molecule has 3 aromatic rings. The maximum absolute atomic E-state index is 14.2. The third kappa shape index (κ3) is 5.68. The largest absolute Gasteiger partial charge is 0.337 e. The van der Waals surface area contributed by atoms with E-state index in [1.807, 2.05) is 0 Å². The minimum Gasteiger partial charge on any atom is -0.337 e. The highest BCUT2D eigenvalue weighted by molar-refractivity contribution is 7.92. The lowest BCUT2D eigenvalue weighted by molar-refractivity contribution is 0.0984. The first-order chi connectivity index (χ1) is 15.1. The van der Waals surface area contributed by atoms with Gasteiger partial charge >= 0.3 is 0 Å². The number of halogens is 3. The molecule has 0 spiro atoms. The van der Waals surface area contributed by atoms with Gasteiger partial charge in [-0.1, -0.05) is 30.7 Å². The number of hydrogen-bond acceptors (Lipinski definition) is 7. The summed E-state index contributed by atoms with van der Waals surface area (Å²) in [6.45, 7) is 1.56. The number of rotatable bonds is 8. The van der Waals surface area contributed by atoms with Crippen LogP contribution in [0, 0.1) is 11.6 Å². The quantitative estimate of drug-likeness (QED) is 0.394. The van der Waals surface area contributed by atoms with Gasteiger partial charge in [0.1, 0.15) is 16.7 Å². The van der Waals surface area contributed by atoms with Gasteiger partial charge in [0, 0.05) is 12.5 Å². The second-order valence-corrected chi connectivity index (χ2v) is 8.80. The molecule has 0 aliphatic heterocycles. The van der Waals surface area contributed by atoms with Crippen molar-refractivity contribution in [3.63, 3.8) is 0 Å². The number of benzene rings is 2. The van der Waals surface area contributed by atoms with E-state index in [1.165, 1.54) is 12.3 Å². The minimum atomic E-state index is -3.54. The monoisotopic (exact) mass is 481 g/mol. The van der Waals surface area contributed by atoms with E-state index in [9.17, 15) is 22.0 Å². The predicted molar refractivity (Wildman–Crippen MR) is 119 cm³/mol. The topological polar surface area (TPSA) is 113 Å². The van der Waals surface area contributed by atoms with Gasteiger partial charge in [0.2, 0.25) is 16.0 Å². The van der Waals surface area contributed by atoms with Gasteiger partial charge in [-0.2, -0.15) is 4.98 Å². The van der Waals surface area contributed by atoms with Crippen LogP contribution in [0.4, 0.5) is 37.6 Å². The number of Topliss-reactive ketones (excluding diaryl/α,β-unsaturated/α-hetero) is 1. The van der Waals surface area contributed by atoms with E-state index in [0.29, 0.717) is 11.8 Å². The van der Waals surface area contributed by atoms with Gasteiger partial charge in [0.15, 0.2) is 11.6 Å². The normalized spacial score (nSPS) is 11.2. The molecule has 0 atom stereocenters. The third-order valence-electron chi connectivity index (χ3n) is 4.14. The molecular formula is C20H18ClF2N5O3S. The smallest absolute Gasteiger partial charge is 0.229 e. The molecule has 32 heavy (non-hydrogen) atoms. The number of nitrogens with zero attached hydrogens (tertiary/aromatic N) is 2. The van der Waals surface area contributed by atoms with Crippen LogP contribution in [0.3, 0.4) is 0 Å². The second kappa shape index (κ2) is 9.45. The Labute approximate surface area is 188 Å². The average molecular weight is 482 g/mol. The van der Waals surface area contributed by atoms with Crippen LogP contribution in [0.2, 0.25) is 5.02 Å². The summed E-state index contributed by atoms with van der Waals surface area (Å²) in [5.41, 5.74) is 0.153. The number of hydrogen-bond donors (Lipinski definition) is 3. The maximum atomic E-state index is 14.2. The molecule has 1 heterocycles. The van der Waals surface area contributed by atoms with Gasteiger partial charge in [-0.05, 0) is 18.2 Å². The number of ketones is 1. The van der Waals surface area contributed by atoms with Crippen molar-refractivity contribution in [2.45, 2.75) is 13.3 Å². The van der Waals surface area contributed by atoms with E-state index < -0.39 is 27.4 Å². The average Bonchev–Trinajstić information content (AvgIpc) is 2.72. The van der Waals surface area contributed by atoms with Gasteiger partial charge in [-0.15, -0.1) is 0 Å². The van der Waals surface area contributed by atoms with Gasteiger partial charge in [0.05, 0.1) is 35.1 Å². The molecule has 168 valence electrons. The summed E-state index contributed by atoms with van der Waals surface area (Å²) < 4.78 is 53.7. The van der Waals surface area contributed by atoms with Crippen molar-refractivity contribution in [3.05, 3.63) is 64.8 Å². The van der Waals surface area contributed by atoms with Gasteiger partial charge in [-0.25, -0.2) is 22.2 Å². The van der Waals surface area contributed by atoms with Crippen LogP contribution in [0.5, 0.6) is 0 Å². The highest BCUT2D eigenvalue weighted by atomic mass is 35.5. The van der Waals surface area contributed by atoms with Crippen LogP contribution in [-0.2, 0) is 10.0 Å². The van der Waals surface area contributed by atoms with Crippen molar-refractivity contribution >= 4 is 56.2 Å². The summed E-state index contributed by atoms with van der Waals surface area (Å²) in [5.74, 6) is -2.38. The first-order valence-corrected chi connectivity index (χ1v) is 11.5. The molecule has 0 unspecified atom stereocenters. The molecule has 0 aliphatic carbocycles. The molecule has 0 fully saturated rings. The number of aromatic nitrogens is 2. The molecule has 0 radical (unpaired) electrons. The Morgan fingerprint density at radius 2 is 1.75 bits per heavy atom. The zero-order valence-electron chi connectivity index (χ0n) is 16.9. The SMILES string of the molecule is CCC(=O)c1cc(Nc2ncc(Cl)c(Nc3ccccc3NS(C)(=O)=O)n2)c(F)cc1F. The van der Waals surface area contributed by atoms with E-state index in [4.69, 9.17) is 11.6 Å². The van der Waals surface area contributed by atoms with Crippen molar-refractivity contribution in [1.29, 1.82) is 0 Å². The van der Waals surface area contributed by atoms with E-state index >= 15 is 0 Å². The number of carbonyl (C=O) groups excluding carboxylic acids is 1. The fourth-order valence-corrected chi connectivity index (χ4v) is 3.41. The standard InChI is InChI=1S/C20H18ClF2N5O3S/c1-3-18(29)11-8-17(14(23)9-13(11)22)26-20-24-10-12(21)19(27-20)25-15-6-4-5-7-16(15)28-32(2,30)31/h4-10,28H,3H2,1-2H3,(H2,24,25,26,27). The molecule has 0 amide bonds. The van der Waals surface area contributed by atoms with Gasteiger partial charge in [0.25, 0.3) is 0 Å². The van der Waals surface area contributed by atoms with Crippen molar-refractivity contribution in [2.24, 2.45) is 0 Å². The Morgan fingerprint density at radius 3 is 2.41 bits per heavy atom. The van der Waals surface area contributed by atoms with Crippen molar-refractivity contribution in [1.82, 2.24) is 9.97 Å². The van der Waals surface area contributed by atoms with E-state index in [1.54, 1.807) is 25.1 Å². The van der Waals surface area contributed by atoms with Crippen molar-refractivity contribution < 1.29 is 22.0 Å². The lowest BCUT2D eigenvalue weighted by Crippen LogP contribution is -2.11. The summed E-state index contributed by atoms with van der Waals surface area (Å²) in [6, 6.07) is 8.10. The zero-order chi connectivity index (χ0) is 23.5. The fourth-order valence-electron chi connectivity index (χ4n) is 2.69. The summed E-state index contributed by atoms with van der Waals surface area (Å²) in [7, 11) is -3.54. The van der Waals surface area contributed by atoms with Crippen molar-refractivity contribution in [3.8, 4) is 0 Å². The third-order valence-corrected chi connectivity index (χ3v) is 5.01. The van der Waals surface area contributed by atoms with Crippen LogP contribution in [0.25, 0.3) is 0 Å². The molecule has 3 rings (SSSR count). The summed E-state index contributed by atoms with van der Waals surface area (Å²) in [5, 5.41) is 5.60. The van der Waals surface area contributed by atoms with Crippen LogP contribution in [-0.4, -0.2) is 30.4 Å². The molecule has 3 N–H and O–H groups in total. The molecular weight excluding hydrogens is 464 g/mol. The van der Waals surface area contributed by atoms with E-state index in [2.05, 4.69) is 25.3 Å². The Balaban J connectivity index is 1.92. The second-order valence-electron chi connectivity index (χ2n) is 6.65. The molecule has 0 aliphatic rings. The number of anilines is 5. The van der Waals surface area contributed by atoms with E-state index in [-0.39, 0.29) is 40.1 Å². The summed E-state index contributed by atoms with van der Waals surface area (Å²) in [6.07, 6.45) is 2.30. The highest BCUT2D eigenvalue weighted by Crippen LogP contribution is 2.30. The fraction of sp³-hybridized carbons (Fsp3) is 0.150. The summed E-state index contributed by atoms with van der Waals surface area (Å²) in [4.78, 5) is 20.0. The number of sulfonamides is 1. The lowest BCUT2D eigenvalue weighted by atomic mass is 10.1. The Hall–Kier alpha value is -3.31. The van der Waals surface area contributed by atoms with E-state index in [0.717, 1.165) is 12.3 Å². The first-order valence-electron chi connectivity index (χ1n) is 9.23. The maximum Gasteiger partial charge on any atom is 0.229 e. The predicted octanol–water partition coefficient (Wildman–Crippen LogP) is 4.86. The highest BCUT2D eigenvalue weighted by Gasteiger charge is 2.17. The number of nitrogens with one attached hydrogen (secondary N) is 3. The van der Waals surface area contributed by atoms with Crippen LogP contribution < -0.4 is 15.4 Å². The Bertz CT molecular complexity index is 1290. The molecule has 0 saturated carbocycles. The van der Waals surface area contributed by atoms with Crippen LogP contribution in [0.15, 0.2) is 42.6 Å². The molecule has 2 aromatic carbocycles. The molecule has 12 heteroatoms. The molecule has 1 aromatic heterocycles. The summed E-state index contributed by atoms with van der Waals surface area (Å²) >= 11 is 6.15. The van der Waals surface area contributed by atoms with Gasteiger partial charge < -0.3 is 10.6 Å². The molecule has 8 nitrogen and oxygen atoms in total. The van der Waals surface area contributed by atoms with Crippen molar-refractivity contribution in [2.75, 3.05) is 21.6 Å². The molecule has 0 saturated heterocycles. The minimum absolute atomic E-state index is 0.0500. The lowest BCUT2D eigenvalue weighted by Gasteiger charge is -2.14. The number of para-hydroxylation sites is 2. The Morgan fingerprint density at radius 1 is 1.06 bits per heavy atom. The van der Waals surface area contributed by atoms with Crippen LogP contribution >= 0.6 is 11.6 Å². The van der Waals surface area contributed by atoms with Gasteiger partial charge in [-0.3, -0.25) is 9.52 Å².